The van der Waals surface area contributed by atoms with Crippen molar-refractivity contribution in [2.24, 2.45) is 0 Å². The van der Waals surface area contributed by atoms with Crippen molar-refractivity contribution in [2.75, 3.05) is 18.8 Å². The Hall–Kier alpha value is -2.66. The minimum atomic E-state index is -0.975. The van der Waals surface area contributed by atoms with Crippen molar-refractivity contribution in [2.45, 2.75) is 104 Å². The molecule has 2 atom stereocenters. The highest BCUT2D eigenvalue weighted by Crippen LogP contribution is 2.26. The van der Waals surface area contributed by atoms with E-state index in [4.69, 9.17) is 11.2 Å². The largest absolute Gasteiger partial charge is 0.444 e. The van der Waals surface area contributed by atoms with E-state index in [1.54, 1.807) is 37.8 Å². The van der Waals surface area contributed by atoms with Gasteiger partial charge in [0.2, 0.25) is 11.8 Å². The minimum Gasteiger partial charge on any atom is -0.444 e. The Labute approximate surface area is 235 Å². The summed E-state index contributed by atoms with van der Waals surface area (Å²) in [5.74, 6) is 2.02. The highest BCUT2D eigenvalue weighted by molar-refractivity contribution is 7.80. The molecule has 0 aliphatic heterocycles. The third-order valence-corrected chi connectivity index (χ3v) is 6.37. The van der Waals surface area contributed by atoms with Gasteiger partial charge < -0.3 is 20.3 Å². The Balaban J connectivity index is 3.40. The predicted molar refractivity (Wildman–Crippen MR) is 157 cm³/mol. The SMILES string of the molecule is C#Cc1ccccc1C(C(=O)NCCCCC)N(CCCCCCC)C(=O)C(CS)NC(=O)OC(C)(C)C. The van der Waals surface area contributed by atoms with E-state index in [0.717, 1.165) is 51.4 Å². The number of carbonyl (C=O) groups excluding carboxylic acids is 3. The zero-order valence-electron chi connectivity index (χ0n) is 23.8. The van der Waals surface area contributed by atoms with Crippen LogP contribution in [0, 0.1) is 12.3 Å². The highest BCUT2D eigenvalue weighted by atomic mass is 32.1. The van der Waals surface area contributed by atoms with E-state index >= 15 is 0 Å². The number of rotatable bonds is 16. The fourth-order valence-electron chi connectivity index (χ4n) is 4.09. The maximum atomic E-state index is 14.0. The van der Waals surface area contributed by atoms with Gasteiger partial charge in [-0.1, -0.05) is 76.5 Å². The van der Waals surface area contributed by atoms with Crippen molar-refractivity contribution in [3.05, 3.63) is 35.4 Å². The van der Waals surface area contributed by atoms with Crippen molar-refractivity contribution in [1.82, 2.24) is 15.5 Å². The normalized spacial score (nSPS) is 12.7. The molecular weight excluding hydrogens is 498 g/mol. The van der Waals surface area contributed by atoms with Crippen LogP contribution >= 0.6 is 12.6 Å². The van der Waals surface area contributed by atoms with Gasteiger partial charge in [-0.15, -0.1) is 6.42 Å². The Kier molecular flexibility index (Phi) is 15.6. The summed E-state index contributed by atoms with van der Waals surface area (Å²) in [7, 11) is 0. The first-order valence-electron chi connectivity index (χ1n) is 13.8. The van der Waals surface area contributed by atoms with E-state index in [1.807, 2.05) is 12.1 Å². The number of terminal acetylenes is 1. The van der Waals surface area contributed by atoms with E-state index in [-0.39, 0.29) is 11.7 Å². The number of amides is 3. The van der Waals surface area contributed by atoms with Gasteiger partial charge >= 0.3 is 6.09 Å². The molecule has 0 aliphatic carbocycles. The van der Waals surface area contributed by atoms with Crippen LogP contribution in [0.15, 0.2) is 24.3 Å². The number of nitrogens with zero attached hydrogens (tertiary/aromatic N) is 1. The average molecular weight is 546 g/mol. The van der Waals surface area contributed by atoms with Crippen LogP contribution in [0.4, 0.5) is 4.79 Å². The smallest absolute Gasteiger partial charge is 0.408 e. The van der Waals surface area contributed by atoms with E-state index in [0.29, 0.717) is 24.2 Å². The number of ether oxygens (including phenoxy) is 1. The summed E-state index contributed by atoms with van der Waals surface area (Å²) in [6.07, 6.45) is 12.8. The Morgan fingerprint density at radius 1 is 1.03 bits per heavy atom. The second-order valence-electron chi connectivity index (χ2n) is 10.5. The molecule has 0 heterocycles. The van der Waals surface area contributed by atoms with Gasteiger partial charge in [0.1, 0.15) is 17.7 Å². The molecule has 0 aliphatic rings. The second kappa shape index (κ2) is 17.8. The lowest BCUT2D eigenvalue weighted by Gasteiger charge is -2.34. The topological polar surface area (TPSA) is 87.7 Å². The van der Waals surface area contributed by atoms with Crippen LogP contribution in [0.2, 0.25) is 0 Å². The summed E-state index contributed by atoms with van der Waals surface area (Å²) < 4.78 is 5.37. The molecule has 8 heteroatoms. The van der Waals surface area contributed by atoms with E-state index in [9.17, 15) is 14.4 Å². The van der Waals surface area contributed by atoms with Crippen LogP contribution in [0.5, 0.6) is 0 Å². The molecule has 7 nitrogen and oxygen atoms in total. The first-order chi connectivity index (χ1) is 18.1. The molecule has 0 radical (unpaired) electrons. The summed E-state index contributed by atoms with van der Waals surface area (Å²) in [5.41, 5.74) is 0.410. The standard InChI is InChI=1S/C30H47N3O4S/c1-7-10-12-13-17-21-33(28(35)25(22-38)32-29(36)37-30(4,5)6)26(27(34)31-20-16-11-8-2)24-19-15-14-18-23(24)9-3/h3,14-15,18-19,25-26,38H,7-8,10-13,16-17,20-22H2,1-2,4-6H3,(H,31,34)(H,32,36). The van der Waals surface area contributed by atoms with Crippen molar-refractivity contribution in [3.63, 3.8) is 0 Å². The summed E-state index contributed by atoms with van der Waals surface area (Å²) in [4.78, 5) is 41.7. The zero-order valence-corrected chi connectivity index (χ0v) is 24.7. The van der Waals surface area contributed by atoms with Gasteiger partial charge in [-0.25, -0.2) is 4.79 Å². The molecule has 2 unspecified atom stereocenters. The molecule has 0 saturated carbocycles. The van der Waals surface area contributed by atoms with Gasteiger partial charge in [-0.3, -0.25) is 9.59 Å². The lowest BCUT2D eigenvalue weighted by Crippen LogP contribution is -2.54. The summed E-state index contributed by atoms with van der Waals surface area (Å²) in [6, 6.07) is 5.27. The van der Waals surface area contributed by atoms with Crippen molar-refractivity contribution >= 4 is 30.5 Å². The predicted octanol–water partition coefficient (Wildman–Crippen LogP) is 5.64. The van der Waals surface area contributed by atoms with Crippen molar-refractivity contribution in [3.8, 4) is 12.3 Å². The first-order valence-corrected chi connectivity index (χ1v) is 14.5. The van der Waals surface area contributed by atoms with Gasteiger partial charge in [-0.2, -0.15) is 12.6 Å². The summed E-state index contributed by atoms with van der Waals surface area (Å²) in [5, 5.41) is 5.66. The number of hydrogen-bond donors (Lipinski definition) is 3. The summed E-state index contributed by atoms with van der Waals surface area (Å²) in [6.45, 7) is 10.3. The fraction of sp³-hybridized carbons (Fsp3) is 0.633. The van der Waals surface area contributed by atoms with E-state index < -0.39 is 29.7 Å². The molecule has 3 amide bonds. The molecule has 0 spiro atoms. The lowest BCUT2D eigenvalue weighted by atomic mass is 9.97. The van der Waals surface area contributed by atoms with E-state index in [2.05, 4.69) is 43.0 Å². The molecular formula is C30H47N3O4S. The van der Waals surface area contributed by atoms with Crippen molar-refractivity contribution < 1.29 is 19.1 Å². The van der Waals surface area contributed by atoms with Crippen molar-refractivity contribution in [1.29, 1.82) is 0 Å². The molecule has 38 heavy (non-hydrogen) atoms. The molecule has 212 valence electrons. The van der Waals surface area contributed by atoms with Crippen LogP contribution < -0.4 is 10.6 Å². The third kappa shape index (κ3) is 11.8. The monoisotopic (exact) mass is 545 g/mol. The number of alkyl carbamates (subject to hydrolysis) is 1. The number of unbranched alkanes of at least 4 members (excludes halogenated alkanes) is 6. The van der Waals surface area contributed by atoms with Crippen LogP contribution in [0.3, 0.4) is 0 Å². The third-order valence-electron chi connectivity index (χ3n) is 6.01. The molecule has 0 fully saturated rings. The summed E-state index contributed by atoms with van der Waals surface area (Å²) >= 11 is 4.35. The average Bonchev–Trinajstić information content (AvgIpc) is 2.87. The Bertz CT molecular complexity index is 923. The fourth-order valence-corrected chi connectivity index (χ4v) is 4.34. The van der Waals surface area contributed by atoms with Crippen LogP contribution in [0.1, 0.15) is 103 Å². The second-order valence-corrected chi connectivity index (χ2v) is 10.8. The van der Waals surface area contributed by atoms with Gasteiger partial charge in [-0.05, 0) is 45.2 Å². The molecule has 0 bridgehead atoms. The quantitative estimate of drug-likeness (QED) is 0.143. The number of thiol groups is 1. The molecule has 1 aromatic rings. The minimum absolute atomic E-state index is 0.0477. The van der Waals surface area contributed by atoms with Crippen LogP contribution in [-0.2, 0) is 14.3 Å². The van der Waals surface area contributed by atoms with Crippen LogP contribution in [-0.4, -0.2) is 53.3 Å². The van der Waals surface area contributed by atoms with E-state index in [1.165, 1.54) is 0 Å². The maximum absolute atomic E-state index is 14.0. The number of hydrogen-bond acceptors (Lipinski definition) is 5. The lowest BCUT2D eigenvalue weighted by molar-refractivity contribution is -0.142. The highest BCUT2D eigenvalue weighted by Gasteiger charge is 2.36. The zero-order chi connectivity index (χ0) is 28.6. The molecule has 2 N–H and O–H groups in total. The molecule has 0 aromatic heterocycles. The number of benzene rings is 1. The molecule has 0 saturated heterocycles. The van der Waals surface area contributed by atoms with Gasteiger partial charge in [0.15, 0.2) is 0 Å². The first kappa shape index (κ1) is 33.4. The Morgan fingerprint density at radius 3 is 2.26 bits per heavy atom. The van der Waals surface area contributed by atoms with Gasteiger partial charge in [0.05, 0.1) is 0 Å². The number of carbonyl (C=O) groups is 3. The molecule has 1 rings (SSSR count). The van der Waals surface area contributed by atoms with Gasteiger partial charge in [0, 0.05) is 24.4 Å². The Morgan fingerprint density at radius 2 is 1.66 bits per heavy atom. The number of nitrogens with one attached hydrogen (secondary N) is 2. The van der Waals surface area contributed by atoms with Crippen LogP contribution in [0.25, 0.3) is 0 Å². The van der Waals surface area contributed by atoms with Gasteiger partial charge in [0.25, 0.3) is 0 Å². The molecule has 1 aromatic carbocycles. The maximum Gasteiger partial charge on any atom is 0.408 e.